The van der Waals surface area contributed by atoms with Crippen LogP contribution >= 0.6 is 0 Å². The standard InChI is InChI=1S/2C39H37F3N6O5/c2*1-51-14-13-48-36-19-26(39(49)50)7-8-35(36)44-37(48)20-28-18-33(42)30(21-32(28)41)34-3-2-4-38(45-34)53-24-27-6-5-25(17-31(27)40)29-22-43-47(23-29)10-9-46-11-15-52-16-12-46/h2*2-8,17-19,21-23H,9-16,20,24H2,1H3,(H,49,50). The number of benzene rings is 6. The zero-order valence-corrected chi connectivity index (χ0v) is 57.9. The van der Waals surface area contributed by atoms with Gasteiger partial charge in [0, 0.05) is 137 Å². The summed E-state index contributed by atoms with van der Waals surface area (Å²) in [6.45, 7) is 10.7. The van der Waals surface area contributed by atoms with Gasteiger partial charge in [-0.15, -0.1) is 0 Å². The van der Waals surface area contributed by atoms with Gasteiger partial charge in [0.1, 0.15) is 59.8 Å². The quantitative estimate of drug-likeness (QED) is 0.0434. The molecule has 106 heavy (non-hydrogen) atoms. The summed E-state index contributed by atoms with van der Waals surface area (Å²) >= 11 is 0. The number of aromatic nitrogens is 10. The van der Waals surface area contributed by atoms with E-state index in [1.165, 1.54) is 62.8 Å². The van der Waals surface area contributed by atoms with Crippen LogP contribution in [0.25, 0.3) is 66.8 Å². The van der Waals surface area contributed by atoms with E-state index in [-0.39, 0.29) is 82.6 Å². The number of morpholine rings is 2. The minimum atomic E-state index is -1.09. The fourth-order valence-corrected chi connectivity index (χ4v) is 12.6. The van der Waals surface area contributed by atoms with Crippen molar-refractivity contribution in [1.82, 2.24) is 58.4 Å². The number of hydrogen-bond donors (Lipinski definition) is 2. The Morgan fingerprint density at radius 2 is 0.858 bits per heavy atom. The topological polar surface area (TPSA) is 234 Å². The second-order valence-electron chi connectivity index (χ2n) is 25.4. The van der Waals surface area contributed by atoms with Gasteiger partial charge in [0.25, 0.3) is 0 Å². The van der Waals surface area contributed by atoms with Crippen LogP contribution in [0.15, 0.2) is 158 Å². The molecule has 2 saturated heterocycles. The van der Waals surface area contributed by atoms with Crippen molar-refractivity contribution in [2.75, 3.05) is 93.1 Å². The van der Waals surface area contributed by atoms with Crippen molar-refractivity contribution in [3.63, 3.8) is 0 Å². The first kappa shape index (κ1) is 73.2. The minimum absolute atomic E-state index is 0.0535. The van der Waals surface area contributed by atoms with Crippen LogP contribution in [-0.4, -0.2) is 174 Å². The van der Waals surface area contributed by atoms with E-state index in [1.807, 2.05) is 21.8 Å². The van der Waals surface area contributed by atoms with E-state index in [0.29, 0.717) is 82.3 Å². The van der Waals surface area contributed by atoms with Gasteiger partial charge in [0.05, 0.1) is 110 Å². The van der Waals surface area contributed by atoms with Crippen LogP contribution in [0.1, 0.15) is 54.6 Å². The Labute approximate surface area is 604 Å². The molecule has 22 nitrogen and oxygen atoms in total. The molecule has 2 aliphatic rings. The maximum atomic E-state index is 15.6. The third kappa shape index (κ3) is 17.6. The molecule has 548 valence electrons. The number of aromatic carboxylic acids is 2. The highest BCUT2D eigenvalue weighted by molar-refractivity contribution is 5.93. The molecule has 0 radical (unpaired) electrons. The average molecular weight is 1450 g/mol. The molecule has 2 fully saturated rings. The van der Waals surface area contributed by atoms with Gasteiger partial charge in [0.15, 0.2) is 0 Å². The lowest BCUT2D eigenvalue weighted by molar-refractivity contribution is 0.0359. The molecule has 0 spiro atoms. The highest BCUT2D eigenvalue weighted by Gasteiger charge is 2.23. The van der Waals surface area contributed by atoms with Crippen molar-refractivity contribution in [2.24, 2.45) is 0 Å². The number of carbonyl (C=O) groups is 2. The maximum Gasteiger partial charge on any atom is 0.335 e. The first-order valence-electron chi connectivity index (χ1n) is 34.3. The summed E-state index contributed by atoms with van der Waals surface area (Å²) in [6, 6.07) is 32.6. The van der Waals surface area contributed by atoms with E-state index in [9.17, 15) is 19.8 Å². The number of halogens is 6. The smallest absolute Gasteiger partial charge is 0.335 e. The van der Waals surface area contributed by atoms with Crippen LogP contribution in [-0.2, 0) is 71.2 Å². The highest BCUT2D eigenvalue weighted by atomic mass is 19.1. The van der Waals surface area contributed by atoms with Crippen molar-refractivity contribution < 1.29 is 74.6 Å². The van der Waals surface area contributed by atoms with Gasteiger partial charge < -0.3 is 47.8 Å². The van der Waals surface area contributed by atoms with Gasteiger partial charge >= 0.3 is 11.9 Å². The molecule has 6 aromatic heterocycles. The molecule has 6 aromatic carbocycles. The number of rotatable bonds is 28. The molecule has 28 heteroatoms. The monoisotopic (exact) mass is 1450 g/mol. The van der Waals surface area contributed by atoms with Crippen molar-refractivity contribution in [3.8, 4) is 56.5 Å². The van der Waals surface area contributed by atoms with Gasteiger partial charge in [-0.1, -0.05) is 36.4 Å². The fraction of sp³-hybridized carbons (Fsp3) is 0.282. The summed E-state index contributed by atoms with van der Waals surface area (Å²) in [5, 5.41) is 27.8. The zero-order chi connectivity index (χ0) is 73.8. The van der Waals surface area contributed by atoms with Crippen molar-refractivity contribution in [2.45, 2.75) is 52.2 Å². The lowest BCUT2D eigenvalue weighted by Crippen LogP contribution is -2.38. The summed E-state index contributed by atoms with van der Waals surface area (Å²) in [5.74, 6) is -4.76. The summed E-state index contributed by atoms with van der Waals surface area (Å²) in [6.07, 6.45) is 7.11. The third-order valence-electron chi connectivity index (χ3n) is 18.4. The zero-order valence-electron chi connectivity index (χ0n) is 57.9. The predicted molar refractivity (Wildman–Crippen MR) is 380 cm³/mol. The van der Waals surface area contributed by atoms with Crippen LogP contribution in [0.5, 0.6) is 11.8 Å². The molecular formula is C78H74F6N12O10. The molecule has 12 aromatic rings. The molecule has 0 amide bonds. The number of ether oxygens (including phenoxy) is 6. The second kappa shape index (κ2) is 33.7. The van der Waals surface area contributed by atoms with Gasteiger partial charge in [0.2, 0.25) is 11.8 Å². The molecule has 8 heterocycles. The molecule has 14 rings (SSSR count). The fourth-order valence-electron chi connectivity index (χ4n) is 12.6. The largest absolute Gasteiger partial charge is 0.478 e. The van der Waals surface area contributed by atoms with Gasteiger partial charge in [-0.3, -0.25) is 19.2 Å². The molecule has 2 N–H and O–H groups in total. The van der Waals surface area contributed by atoms with Crippen molar-refractivity contribution in [3.05, 3.63) is 238 Å². The van der Waals surface area contributed by atoms with Gasteiger partial charge in [-0.25, -0.2) is 55.9 Å². The number of fused-ring (bicyclic) bond motifs is 2. The number of methoxy groups -OCH3 is 2. The summed E-state index contributed by atoms with van der Waals surface area (Å²) in [7, 11) is 3.07. The molecule has 0 aliphatic carbocycles. The predicted octanol–water partition coefficient (Wildman–Crippen LogP) is 12.5. The van der Waals surface area contributed by atoms with E-state index in [4.69, 9.17) is 28.4 Å². The Morgan fingerprint density at radius 1 is 0.443 bits per heavy atom. The molecule has 0 unspecified atom stereocenters. The first-order chi connectivity index (χ1) is 51.5. The molecule has 0 saturated carbocycles. The maximum absolute atomic E-state index is 15.6. The summed E-state index contributed by atoms with van der Waals surface area (Å²) in [4.78, 5) is 45.7. The van der Waals surface area contributed by atoms with E-state index in [0.717, 1.165) is 114 Å². The average Bonchev–Trinajstić information content (AvgIpc) is 1.64. The molecule has 0 bridgehead atoms. The Balaban J connectivity index is 0.000000188. The van der Waals surface area contributed by atoms with E-state index >= 15 is 26.3 Å². The Hall–Kier alpha value is -11.1. The minimum Gasteiger partial charge on any atom is -0.478 e. The van der Waals surface area contributed by atoms with Crippen LogP contribution < -0.4 is 9.47 Å². The Kier molecular flexibility index (Phi) is 23.3. The van der Waals surface area contributed by atoms with Crippen molar-refractivity contribution >= 4 is 34.0 Å². The molecule has 0 atom stereocenters. The van der Waals surface area contributed by atoms with E-state index in [1.54, 1.807) is 82.2 Å². The van der Waals surface area contributed by atoms with Crippen LogP contribution in [0.4, 0.5) is 26.3 Å². The normalized spacial score (nSPS) is 13.5. The Bertz CT molecular complexity index is 4820. The SMILES string of the molecule is COCCn1c(Cc2cc(F)c(-c3cccc(OCc4ccc(-c5cnn(CCN6CCOCC6)c5)cc4F)n3)cc2F)nc2ccc(C(=O)O)cc21.COCCn1c(Cc2cc(F)c(-c3cccc(OCc4ccc(-c5cnn(CCN6CCOCC6)c5)cc4F)n3)cc2F)nc2ccc(C(=O)O)cc21. The molecular weight excluding hydrogens is 1380 g/mol. The van der Waals surface area contributed by atoms with Crippen LogP contribution in [0.3, 0.4) is 0 Å². The number of hydrogen-bond acceptors (Lipinski definition) is 16. The second-order valence-corrected chi connectivity index (χ2v) is 25.4. The summed E-state index contributed by atoms with van der Waals surface area (Å²) in [5.41, 5.74) is 6.15. The summed E-state index contributed by atoms with van der Waals surface area (Å²) < 4.78 is 133. The number of carboxylic acids is 2. The lowest BCUT2D eigenvalue weighted by atomic mass is 10.0. The van der Waals surface area contributed by atoms with Crippen LogP contribution in [0, 0.1) is 34.9 Å². The number of carboxylic acid groups (broad SMARTS) is 2. The Morgan fingerprint density at radius 3 is 1.25 bits per heavy atom. The van der Waals surface area contributed by atoms with Crippen LogP contribution in [0.2, 0.25) is 0 Å². The van der Waals surface area contributed by atoms with E-state index in [2.05, 4.69) is 39.9 Å². The van der Waals surface area contributed by atoms with E-state index < -0.39 is 46.8 Å². The number of pyridine rings is 2. The third-order valence-corrected chi connectivity index (χ3v) is 18.4. The lowest BCUT2D eigenvalue weighted by Gasteiger charge is -2.26. The van der Waals surface area contributed by atoms with Gasteiger partial charge in [-0.05, 0) is 107 Å². The molecule has 2 aliphatic heterocycles. The highest BCUT2D eigenvalue weighted by Crippen LogP contribution is 2.33. The number of imidazole rings is 2. The van der Waals surface area contributed by atoms with Crippen molar-refractivity contribution in [1.29, 1.82) is 0 Å². The van der Waals surface area contributed by atoms with Gasteiger partial charge in [-0.2, -0.15) is 10.2 Å². The first-order valence-corrected chi connectivity index (χ1v) is 34.3. The number of nitrogens with zero attached hydrogens (tertiary/aromatic N) is 12.